The quantitative estimate of drug-likeness (QED) is 0.534. The first kappa shape index (κ1) is 22.7. The van der Waals surface area contributed by atoms with Gasteiger partial charge in [0.1, 0.15) is 0 Å². The minimum atomic E-state index is -0.736. The third-order valence-electron chi connectivity index (χ3n) is 6.23. The number of rotatable bonds is 11. The predicted molar refractivity (Wildman–Crippen MR) is 115 cm³/mol. The lowest BCUT2D eigenvalue weighted by atomic mass is 9.87. The Kier molecular flexibility index (Phi) is 9.36. The van der Waals surface area contributed by atoms with Gasteiger partial charge >= 0.3 is 5.97 Å². The van der Waals surface area contributed by atoms with Crippen molar-refractivity contribution in [2.45, 2.75) is 88.4 Å². The van der Waals surface area contributed by atoms with Crippen molar-refractivity contribution < 1.29 is 19.4 Å². The Balaban J connectivity index is 1.22. The Bertz CT molecular complexity index is 582. The van der Waals surface area contributed by atoms with E-state index in [1.807, 2.05) is 13.2 Å². The number of aromatic nitrogens is 1. The van der Waals surface area contributed by atoms with Gasteiger partial charge in [-0.3, -0.25) is 4.79 Å². The Labute approximate surface area is 178 Å². The van der Waals surface area contributed by atoms with E-state index < -0.39 is 5.97 Å². The molecule has 29 heavy (non-hydrogen) atoms. The molecule has 1 heterocycles. The summed E-state index contributed by atoms with van der Waals surface area (Å²) in [5, 5.41) is 12.1. The van der Waals surface area contributed by atoms with Crippen molar-refractivity contribution in [3.63, 3.8) is 0 Å². The average Bonchev–Trinajstić information content (AvgIpc) is 3.26. The number of nitrogens with zero attached hydrogens (tertiary/aromatic N) is 2. The van der Waals surface area contributed by atoms with E-state index in [0.717, 1.165) is 58.1 Å². The van der Waals surface area contributed by atoms with Crippen LogP contribution in [0.25, 0.3) is 0 Å². The molecule has 1 aromatic rings. The van der Waals surface area contributed by atoms with Gasteiger partial charge in [0.2, 0.25) is 0 Å². The number of aliphatic carboxylic acids is 1. The number of thiazole rings is 1. The molecular weight excluding hydrogens is 388 g/mol. The van der Waals surface area contributed by atoms with Crippen molar-refractivity contribution >= 4 is 17.3 Å². The molecule has 1 N–H and O–H groups in total. The van der Waals surface area contributed by atoms with E-state index in [-0.39, 0.29) is 6.42 Å². The van der Waals surface area contributed by atoms with Crippen molar-refractivity contribution in [3.05, 3.63) is 16.6 Å². The molecule has 0 aliphatic heterocycles. The van der Waals surface area contributed by atoms with E-state index in [1.54, 1.807) is 11.3 Å². The molecule has 0 radical (unpaired) electrons. The predicted octanol–water partition coefficient (Wildman–Crippen LogP) is 4.31. The summed E-state index contributed by atoms with van der Waals surface area (Å²) in [7, 11) is 1.97. The van der Waals surface area contributed by atoms with Crippen LogP contribution in [0.5, 0.6) is 0 Å². The van der Waals surface area contributed by atoms with Gasteiger partial charge in [-0.15, -0.1) is 11.3 Å². The topological polar surface area (TPSA) is 71.9 Å². The fraction of sp³-hybridized carbons (Fsp3) is 0.818. The summed E-state index contributed by atoms with van der Waals surface area (Å²) in [6, 6.07) is 0. The molecular formula is C22H36N2O4S. The molecule has 0 saturated heterocycles. The third-order valence-corrected chi connectivity index (χ3v) is 7.16. The molecule has 2 fully saturated rings. The highest BCUT2D eigenvalue weighted by Gasteiger charge is 2.28. The van der Waals surface area contributed by atoms with E-state index >= 15 is 0 Å². The van der Waals surface area contributed by atoms with Gasteiger partial charge in [-0.1, -0.05) is 0 Å². The molecule has 0 atom stereocenters. The zero-order valence-corrected chi connectivity index (χ0v) is 18.4. The summed E-state index contributed by atoms with van der Waals surface area (Å²) in [5.41, 5.74) is 0. The van der Waals surface area contributed by atoms with E-state index in [1.165, 1.54) is 17.8 Å². The first-order chi connectivity index (χ1) is 14.1. The van der Waals surface area contributed by atoms with Crippen molar-refractivity contribution in [2.24, 2.45) is 0 Å². The van der Waals surface area contributed by atoms with Crippen LogP contribution in [0.4, 0.5) is 0 Å². The Morgan fingerprint density at radius 2 is 1.76 bits per heavy atom. The molecule has 0 bridgehead atoms. The highest BCUT2D eigenvalue weighted by molar-refractivity contribution is 7.09. The SMILES string of the molecule is CN(CCCOC1CCC(OC2CCC(c3nccs3)CC2)CC1)CCC(=O)O. The minimum absolute atomic E-state index is 0.202. The van der Waals surface area contributed by atoms with E-state index in [0.29, 0.717) is 30.8 Å². The van der Waals surface area contributed by atoms with E-state index in [2.05, 4.69) is 15.3 Å². The standard InChI is InChI=1S/C22H36N2O4S/c1-24(14-11-21(25)26)13-2-15-27-18-7-9-20(10-8-18)28-19-5-3-17(4-6-19)22-23-12-16-29-22/h12,16-20H,2-11,13-15H2,1H3,(H,25,26). The normalized spacial score (nSPS) is 27.9. The molecule has 0 amide bonds. The van der Waals surface area contributed by atoms with Crippen molar-refractivity contribution in [1.82, 2.24) is 9.88 Å². The van der Waals surface area contributed by atoms with Gasteiger partial charge in [0, 0.05) is 37.2 Å². The van der Waals surface area contributed by atoms with E-state index in [4.69, 9.17) is 14.6 Å². The number of carboxylic acid groups (broad SMARTS) is 1. The maximum atomic E-state index is 10.6. The first-order valence-electron chi connectivity index (χ1n) is 11.2. The minimum Gasteiger partial charge on any atom is -0.481 e. The van der Waals surface area contributed by atoms with Crippen molar-refractivity contribution in [2.75, 3.05) is 26.7 Å². The zero-order valence-electron chi connectivity index (χ0n) is 17.6. The molecule has 3 rings (SSSR count). The van der Waals surface area contributed by atoms with Gasteiger partial charge in [0.25, 0.3) is 0 Å². The Morgan fingerprint density at radius 3 is 2.38 bits per heavy atom. The van der Waals surface area contributed by atoms with Gasteiger partial charge in [-0.25, -0.2) is 4.98 Å². The summed E-state index contributed by atoms with van der Waals surface area (Å²) in [6.07, 6.45) is 13.4. The van der Waals surface area contributed by atoms with Crippen LogP contribution in [0, 0.1) is 0 Å². The van der Waals surface area contributed by atoms with Crippen LogP contribution in [0.15, 0.2) is 11.6 Å². The van der Waals surface area contributed by atoms with Crippen molar-refractivity contribution in [1.29, 1.82) is 0 Å². The number of carbonyl (C=O) groups is 1. The Morgan fingerprint density at radius 1 is 1.10 bits per heavy atom. The summed E-state index contributed by atoms with van der Waals surface area (Å²) in [5.74, 6) is -0.0956. The third kappa shape index (κ3) is 7.96. The lowest BCUT2D eigenvalue weighted by Gasteiger charge is -2.34. The van der Waals surface area contributed by atoms with Crippen LogP contribution in [0.2, 0.25) is 0 Å². The van der Waals surface area contributed by atoms with Crippen LogP contribution in [-0.4, -0.2) is 66.0 Å². The second kappa shape index (κ2) is 12.0. The second-order valence-corrected chi connectivity index (χ2v) is 9.48. The monoisotopic (exact) mass is 424 g/mol. The molecule has 2 aliphatic rings. The molecule has 0 spiro atoms. The maximum absolute atomic E-state index is 10.6. The van der Waals surface area contributed by atoms with Gasteiger partial charge < -0.3 is 19.5 Å². The van der Waals surface area contributed by atoms with E-state index in [9.17, 15) is 4.79 Å². The first-order valence-corrected chi connectivity index (χ1v) is 12.0. The van der Waals surface area contributed by atoms with Crippen molar-refractivity contribution in [3.8, 4) is 0 Å². The summed E-state index contributed by atoms with van der Waals surface area (Å²) < 4.78 is 12.5. The summed E-state index contributed by atoms with van der Waals surface area (Å²) in [4.78, 5) is 17.1. The fourth-order valence-corrected chi connectivity index (χ4v) is 5.28. The van der Waals surface area contributed by atoms with Gasteiger partial charge in [-0.2, -0.15) is 0 Å². The maximum Gasteiger partial charge on any atom is 0.304 e. The lowest BCUT2D eigenvalue weighted by molar-refractivity contribution is -0.137. The van der Waals surface area contributed by atoms with Gasteiger partial charge in [0.05, 0.1) is 29.7 Å². The molecule has 6 nitrogen and oxygen atoms in total. The molecule has 0 aromatic carbocycles. The lowest BCUT2D eigenvalue weighted by Crippen LogP contribution is -2.32. The smallest absolute Gasteiger partial charge is 0.304 e. The van der Waals surface area contributed by atoms with Crippen LogP contribution in [0.3, 0.4) is 0 Å². The van der Waals surface area contributed by atoms with Crippen LogP contribution in [-0.2, 0) is 14.3 Å². The van der Waals surface area contributed by atoms with Gasteiger partial charge in [-0.05, 0) is 64.8 Å². The Hall–Kier alpha value is -1.02. The zero-order chi connectivity index (χ0) is 20.5. The molecule has 164 valence electrons. The fourth-order valence-electron chi connectivity index (χ4n) is 4.47. The second-order valence-electron chi connectivity index (χ2n) is 8.55. The average molecular weight is 425 g/mol. The number of ether oxygens (including phenoxy) is 2. The summed E-state index contributed by atoms with van der Waals surface area (Å²) in [6.45, 7) is 2.24. The summed E-state index contributed by atoms with van der Waals surface area (Å²) >= 11 is 1.79. The number of carboxylic acids is 1. The van der Waals surface area contributed by atoms with Crippen LogP contribution in [0.1, 0.15) is 75.1 Å². The highest BCUT2D eigenvalue weighted by atomic mass is 32.1. The molecule has 2 saturated carbocycles. The molecule has 2 aliphatic carbocycles. The molecule has 0 unspecified atom stereocenters. The van der Waals surface area contributed by atoms with Gasteiger partial charge in [0.15, 0.2) is 0 Å². The largest absolute Gasteiger partial charge is 0.481 e. The molecule has 1 aromatic heterocycles. The number of hydrogen-bond donors (Lipinski definition) is 1. The van der Waals surface area contributed by atoms with Crippen LogP contribution < -0.4 is 0 Å². The molecule has 7 heteroatoms. The number of hydrogen-bond acceptors (Lipinski definition) is 6. The van der Waals surface area contributed by atoms with Crippen LogP contribution >= 0.6 is 11.3 Å². The highest BCUT2D eigenvalue weighted by Crippen LogP contribution is 2.36.